The number of piperazine rings is 1. The zero-order valence-corrected chi connectivity index (χ0v) is 17.0. The summed E-state index contributed by atoms with van der Waals surface area (Å²) in [5.74, 6) is 0.130. The van der Waals surface area contributed by atoms with Gasteiger partial charge in [0, 0.05) is 43.1 Å². The standard InChI is InChI=1S/C23H29N3O2/c1-4-19-7-5-6-17(2)23(19)24-22(28)16-25-12-14-26(15-13-25)21-10-8-20(9-11-21)18(3)27/h5-11H,4,12-16H2,1-3H3,(H,24,28). The molecule has 1 heterocycles. The van der Waals surface area contributed by atoms with Crippen molar-refractivity contribution in [2.75, 3.05) is 42.9 Å². The lowest BCUT2D eigenvalue weighted by Crippen LogP contribution is -2.48. The fourth-order valence-corrected chi connectivity index (χ4v) is 3.66. The van der Waals surface area contributed by atoms with E-state index in [9.17, 15) is 9.59 Å². The Bertz CT molecular complexity index is 837. The molecule has 0 spiro atoms. The van der Waals surface area contributed by atoms with Gasteiger partial charge in [-0.1, -0.05) is 25.1 Å². The van der Waals surface area contributed by atoms with Crippen molar-refractivity contribution < 1.29 is 9.59 Å². The summed E-state index contributed by atoms with van der Waals surface area (Å²) in [7, 11) is 0. The van der Waals surface area contributed by atoms with E-state index in [4.69, 9.17) is 0 Å². The largest absolute Gasteiger partial charge is 0.369 e. The molecule has 0 aliphatic carbocycles. The molecular formula is C23H29N3O2. The molecule has 1 aliphatic heterocycles. The minimum atomic E-state index is 0.0447. The minimum Gasteiger partial charge on any atom is -0.369 e. The summed E-state index contributed by atoms with van der Waals surface area (Å²) in [6.07, 6.45) is 0.901. The number of aryl methyl sites for hydroxylation is 2. The molecule has 2 aromatic carbocycles. The molecule has 0 unspecified atom stereocenters. The molecule has 1 N–H and O–H groups in total. The number of nitrogens with zero attached hydrogens (tertiary/aromatic N) is 2. The van der Waals surface area contributed by atoms with E-state index in [-0.39, 0.29) is 11.7 Å². The number of carbonyl (C=O) groups is 2. The van der Waals surface area contributed by atoms with Gasteiger partial charge in [-0.3, -0.25) is 14.5 Å². The Hall–Kier alpha value is -2.66. The number of ketones is 1. The Balaban J connectivity index is 1.53. The van der Waals surface area contributed by atoms with E-state index >= 15 is 0 Å². The second-order valence-corrected chi connectivity index (χ2v) is 7.38. The van der Waals surface area contributed by atoms with Crippen LogP contribution in [-0.2, 0) is 11.2 Å². The van der Waals surface area contributed by atoms with Crippen molar-refractivity contribution >= 4 is 23.1 Å². The summed E-state index contributed by atoms with van der Waals surface area (Å²) in [5, 5.41) is 3.11. The summed E-state index contributed by atoms with van der Waals surface area (Å²) >= 11 is 0. The third-order valence-corrected chi connectivity index (χ3v) is 5.38. The van der Waals surface area contributed by atoms with Crippen LogP contribution in [0.3, 0.4) is 0 Å². The highest BCUT2D eigenvalue weighted by Crippen LogP contribution is 2.21. The van der Waals surface area contributed by atoms with Gasteiger partial charge in [0.05, 0.1) is 6.54 Å². The van der Waals surface area contributed by atoms with Crippen LogP contribution in [-0.4, -0.2) is 49.3 Å². The third-order valence-electron chi connectivity index (χ3n) is 5.38. The average molecular weight is 380 g/mol. The van der Waals surface area contributed by atoms with Crippen molar-refractivity contribution in [1.82, 2.24) is 4.90 Å². The molecule has 1 saturated heterocycles. The first-order valence-corrected chi connectivity index (χ1v) is 9.94. The zero-order valence-electron chi connectivity index (χ0n) is 17.0. The van der Waals surface area contributed by atoms with Gasteiger partial charge in [0.15, 0.2) is 5.78 Å². The Morgan fingerprint density at radius 3 is 2.29 bits per heavy atom. The van der Waals surface area contributed by atoms with Crippen molar-refractivity contribution in [3.05, 3.63) is 59.2 Å². The normalized spacial score (nSPS) is 14.8. The Kier molecular flexibility index (Phi) is 6.47. The number of rotatable bonds is 6. The monoisotopic (exact) mass is 379 g/mol. The van der Waals surface area contributed by atoms with Crippen molar-refractivity contribution in [3.8, 4) is 0 Å². The molecule has 1 fully saturated rings. The lowest BCUT2D eigenvalue weighted by molar-refractivity contribution is -0.117. The molecule has 0 aromatic heterocycles. The van der Waals surface area contributed by atoms with Crippen LogP contribution in [0, 0.1) is 6.92 Å². The minimum absolute atomic E-state index is 0.0447. The molecule has 1 amide bonds. The highest BCUT2D eigenvalue weighted by Gasteiger charge is 2.20. The van der Waals surface area contributed by atoms with Crippen LogP contribution in [0.4, 0.5) is 11.4 Å². The number of hydrogen-bond acceptors (Lipinski definition) is 4. The molecule has 0 atom stereocenters. The molecule has 148 valence electrons. The lowest BCUT2D eigenvalue weighted by Gasteiger charge is -2.35. The first-order valence-electron chi connectivity index (χ1n) is 9.94. The number of nitrogens with one attached hydrogen (secondary N) is 1. The van der Waals surface area contributed by atoms with Gasteiger partial charge in [-0.05, 0) is 55.7 Å². The number of anilines is 2. The quantitative estimate of drug-likeness (QED) is 0.781. The number of Topliss-reactive ketones (excluding diaryl/α,β-unsaturated/α-hetero) is 1. The van der Waals surface area contributed by atoms with E-state index in [1.807, 2.05) is 43.3 Å². The third kappa shape index (κ3) is 4.78. The molecule has 3 rings (SSSR count). The summed E-state index contributed by atoms with van der Waals surface area (Å²) in [5.41, 5.74) is 5.10. The van der Waals surface area contributed by atoms with Crippen LogP contribution in [0.1, 0.15) is 35.3 Å². The van der Waals surface area contributed by atoms with Gasteiger partial charge in [-0.2, -0.15) is 0 Å². The number of carbonyl (C=O) groups excluding carboxylic acids is 2. The predicted molar refractivity (Wildman–Crippen MR) is 114 cm³/mol. The van der Waals surface area contributed by atoms with Gasteiger partial charge < -0.3 is 10.2 Å². The van der Waals surface area contributed by atoms with Gasteiger partial charge in [-0.25, -0.2) is 0 Å². The molecule has 2 aromatic rings. The van der Waals surface area contributed by atoms with Crippen molar-refractivity contribution in [2.45, 2.75) is 27.2 Å². The Morgan fingerprint density at radius 1 is 1.00 bits per heavy atom. The molecule has 1 aliphatic rings. The van der Waals surface area contributed by atoms with Gasteiger partial charge in [0.25, 0.3) is 0 Å². The fourth-order valence-electron chi connectivity index (χ4n) is 3.66. The van der Waals surface area contributed by atoms with Gasteiger partial charge in [-0.15, -0.1) is 0 Å². The SMILES string of the molecule is CCc1cccc(C)c1NC(=O)CN1CCN(c2ccc(C(C)=O)cc2)CC1. The maximum atomic E-state index is 12.6. The first-order chi connectivity index (χ1) is 13.5. The van der Waals surface area contributed by atoms with Crippen LogP contribution < -0.4 is 10.2 Å². The van der Waals surface area contributed by atoms with Gasteiger partial charge in [0.2, 0.25) is 5.91 Å². The van der Waals surface area contributed by atoms with Crippen molar-refractivity contribution in [3.63, 3.8) is 0 Å². The number of benzene rings is 2. The second-order valence-electron chi connectivity index (χ2n) is 7.38. The van der Waals surface area contributed by atoms with E-state index in [0.717, 1.165) is 55.1 Å². The molecule has 5 nitrogen and oxygen atoms in total. The van der Waals surface area contributed by atoms with Crippen LogP contribution in [0.5, 0.6) is 0 Å². The van der Waals surface area contributed by atoms with Crippen LogP contribution in [0.2, 0.25) is 0 Å². The van der Waals surface area contributed by atoms with Crippen molar-refractivity contribution in [2.24, 2.45) is 0 Å². The molecule has 0 bridgehead atoms. The van der Waals surface area contributed by atoms with E-state index in [2.05, 4.69) is 28.1 Å². The van der Waals surface area contributed by atoms with Crippen molar-refractivity contribution in [1.29, 1.82) is 0 Å². The molecule has 0 radical (unpaired) electrons. The first kappa shape index (κ1) is 20.1. The summed E-state index contributed by atoms with van der Waals surface area (Å²) in [6.45, 7) is 9.56. The fraction of sp³-hybridized carbons (Fsp3) is 0.391. The molecule has 0 saturated carbocycles. The highest BCUT2D eigenvalue weighted by atomic mass is 16.2. The number of amides is 1. The maximum Gasteiger partial charge on any atom is 0.238 e. The van der Waals surface area contributed by atoms with Crippen LogP contribution in [0.25, 0.3) is 0 Å². The maximum absolute atomic E-state index is 12.6. The molecule has 5 heteroatoms. The second kappa shape index (κ2) is 9.02. The summed E-state index contributed by atoms with van der Waals surface area (Å²) in [6, 6.07) is 13.9. The number of hydrogen-bond donors (Lipinski definition) is 1. The average Bonchev–Trinajstić information content (AvgIpc) is 2.70. The summed E-state index contributed by atoms with van der Waals surface area (Å²) in [4.78, 5) is 28.5. The van der Waals surface area contributed by atoms with Gasteiger partial charge >= 0.3 is 0 Å². The van der Waals surface area contributed by atoms with E-state index in [0.29, 0.717) is 6.54 Å². The topological polar surface area (TPSA) is 52.7 Å². The Labute approximate surface area is 167 Å². The number of para-hydroxylation sites is 1. The smallest absolute Gasteiger partial charge is 0.238 e. The van der Waals surface area contributed by atoms with E-state index < -0.39 is 0 Å². The van der Waals surface area contributed by atoms with E-state index in [1.54, 1.807) is 6.92 Å². The highest BCUT2D eigenvalue weighted by molar-refractivity contribution is 5.94. The molecule has 28 heavy (non-hydrogen) atoms. The zero-order chi connectivity index (χ0) is 20.1. The molecular weight excluding hydrogens is 350 g/mol. The Morgan fingerprint density at radius 2 is 1.68 bits per heavy atom. The van der Waals surface area contributed by atoms with Crippen LogP contribution >= 0.6 is 0 Å². The van der Waals surface area contributed by atoms with Gasteiger partial charge in [0.1, 0.15) is 0 Å². The predicted octanol–water partition coefficient (Wildman–Crippen LogP) is 3.52. The van der Waals surface area contributed by atoms with E-state index in [1.165, 1.54) is 5.56 Å². The lowest BCUT2D eigenvalue weighted by atomic mass is 10.1. The summed E-state index contributed by atoms with van der Waals surface area (Å²) < 4.78 is 0. The van der Waals surface area contributed by atoms with Crippen LogP contribution in [0.15, 0.2) is 42.5 Å².